The molecule has 8 heteroatoms. The summed E-state index contributed by atoms with van der Waals surface area (Å²) in [6.07, 6.45) is 0. The van der Waals surface area contributed by atoms with Crippen molar-refractivity contribution in [1.82, 2.24) is 5.32 Å². The van der Waals surface area contributed by atoms with Crippen LogP contribution < -0.4 is 5.32 Å². The molecule has 0 amide bonds. The smallest absolute Gasteiger partial charge is 0.327 e. The molecule has 0 bridgehead atoms. The van der Waals surface area contributed by atoms with E-state index in [4.69, 9.17) is 10.6 Å². The highest BCUT2D eigenvalue weighted by atomic mass is 16.5. The zero-order valence-electron chi connectivity index (χ0n) is 10.8. The number of benzene rings is 1. The molecule has 2 unspecified atom stereocenters. The number of nitrogens with one attached hydrogen (secondary N) is 1. The maximum Gasteiger partial charge on any atom is 0.327 e. The number of aliphatic carboxylic acids is 1. The Morgan fingerprint density at radius 2 is 2.10 bits per heavy atom. The van der Waals surface area contributed by atoms with Gasteiger partial charge in [-0.3, -0.25) is 10.1 Å². The first-order valence-corrected chi connectivity index (χ1v) is 5.73. The molecule has 0 aromatic heterocycles. The Kier molecular flexibility index (Phi) is 6.02. The molecule has 2 atom stereocenters. The number of nitrogens with zero attached hydrogens (tertiary/aromatic N) is 3. The molecule has 0 saturated heterocycles. The Hall–Kier alpha value is -2.57. The van der Waals surface area contributed by atoms with Crippen molar-refractivity contribution in [3.63, 3.8) is 0 Å². The number of rotatable bonds is 7. The van der Waals surface area contributed by atoms with Gasteiger partial charge >= 0.3 is 11.9 Å². The number of azide groups is 1. The molecule has 1 aromatic rings. The lowest BCUT2D eigenvalue weighted by molar-refractivity contribution is -0.144. The van der Waals surface area contributed by atoms with E-state index in [0.29, 0.717) is 5.56 Å². The number of carbonyl (C=O) groups is 2. The average Bonchev–Trinajstić information content (AvgIpc) is 2.46. The second kappa shape index (κ2) is 7.78. The van der Waals surface area contributed by atoms with Gasteiger partial charge in [0, 0.05) is 11.5 Å². The van der Waals surface area contributed by atoms with Crippen LogP contribution in [0, 0.1) is 0 Å². The van der Waals surface area contributed by atoms with E-state index in [1.165, 1.54) is 7.11 Å². The second-order valence-corrected chi connectivity index (χ2v) is 3.83. The van der Waals surface area contributed by atoms with E-state index in [0.717, 1.165) is 0 Å². The van der Waals surface area contributed by atoms with Crippen molar-refractivity contribution in [3.05, 3.63) is 46.3 Å². The van der Waals surface area contributed by atoms with E-state index in [2.05, 4.69) is 20.1 Å². The third-order valence-electron chi connectivity index (χ3n) is 2.56. The molecule has 0 aliphatic heterocycles. The minimum absolute atomic E-state index is 0.186. The van der Waals surface area contributed by atoms with Crippen molar-refractivity contribution in [2.45, 2.75) is 12.1 Å². The van der Waals surface area contributed by atoms with Crippen LogP contribution >= 0.6 is 0 Å². The van der Waals surface area contributed by atoms with E-state index >= 15 is 0 Å². The summed E-state index contributed by atoms with van der Waals surface area (Å²) in [5.41, 5.74) is 8.93. The van der Waals surface area contributed by atoms with Crippen LogP contribution in [0.1, 0.15) is 11.6 Å². The van der Waals surface area contributed by atoms with Crippen LogP contribution in [0.25, 0.3) is 10.4 Å². The summed E-state index contributed by atoms with van der Waals surface area (Å²) >= 11 is 0. The predicted molar refractivity (Wildman–Crippen MR) is 69.8 cm³/mol. The minimum Gasteiger partial charge on any atom is -0.481 e. The first-order valence-electron chi connectivity index (χ1n) is 5.73. The fourth-order valence-electron chi connectivity index (χ4n) is 1.57. The molecule has 20 heavy (non-hydrogen) atoms. The summed E-state index contributed by atoms with van der Waals surface area (Å²) in [5, 5.41) is 14.7. The molecule has 0 heterocycles. The van der Waals surface area contributed by atoms with Gasteiger partial charge in [0.25, 0.3) is 0 Å². The first kappa shape index (κ1) is 15.5. The highest BCUT2D eigenvalue weighted by Gasteiger charge is 2.24. The van der Waals surface area contributed by atoms with Gasteiger partial charge in [-0.15, -0.1) is 0 Å². The summed E-state index contributed by atoms with van der Waals surface area (Å²) in [5.74, 6) is -1.83. The Morgan fingerprint density at radius 3 is 2.60 bits per heavy atom. The van der Waals surface area contributed by atoms with Gasteiger partial charge in [0.2, 0.25) is 0 Å². The lowest BCUT2D eigenvalue weighted by atomic mass is 10.1. The van der Waals surface area contributed by atoms with E-state index in [-0.39, 0.29) is 6.54 Å². The Labute approximate surface area is 115 Å². The van der Waals surface area contributed by atoms with Crippen molar-refractivity contribution in [3.8, 4) is 0 Å². The maximum absolute atomic E-state index is 11.7. The summed E-state index contributed by atoms with van der Waals surface area (Å²) < 4.78 is 4.67. The third kappa shape index (κ3) is 4.27. The number of carboxylic acids is 1. The molecule has 2 N–H and O–H groups in total. The number of carboxylic acid groups (broad SMARTS) is 1. The SMILES string of the molecule is COC(=O)C(NCC(N=[N+]=[N-])C(=O)O)c1ccccc1. The molecule has 106 valence electrons. The number of esters is 1. The lowest BCUT2D eigenvalue weighted by Gasteiger charge is -2.18. The van der Waals surface area contributed by atoms with Gasteiger partial charge in [0.1, 0.15) is 12.1 Å². The van der Waals surface area contributed by atoms with Crippen LogP contribution in [0.3, 0.4) is 0 Å². The Morgan fingerprint density at radius 1 is 1.45 bits per heavy atom. The number of ether oxygens (including phenoxy) is 1. The van der Waals surface area contributed by atoms with Crippen LogP contribution in [0.4, 0.5) is 0 Å². The summed E-state index contributed by atoms with van der Waals surface area (Å²) in [6.45, 7) is -0.186. The number of methoxy groups -OCH3 is 1. The van der Waals surface area contributed by atoms with Crippen LogP contribution in [0.2, 0.25) is 0 Å². The van der Waals surface area contributed by atoms with Crippen LogP contribution in [0.15, 0.2) is 35.4 Å². The van der Waals surface area contributed by atoms with Gasteiger partial charge in [-0.1, -0.05) is 35.4 Å². The van der Waals surface area contributed by atoms with Gasteiger partial charge in [-0.25, -0.2) is 4.79 Å². The fraction of sp³-hybridized carbons (Fsp3) is 0.333. The molecule has 8 nitrogen and oxygen atoms in total. The summed E-state index contributed by atoms with van der Waals surface area (Å²) in [7, 11) is 1.24. The Balaban J connectivity index is 2.84. The normalized spacial score (nSPS) is 12.8. The predicted octanol–water partition coefficient (Wildman–Crippen LogP) is 1.25. The second-order valence-electron chi connectivity index (χ2n) is 3.83. The van der Waals surface area contributed by atoms with Gasteiger partial charge < -0.3 is 9.84 Å². The minimum atomic E-state index is -1.30. The molecule has 0 radical (unpaired) electrons. The zero-order valence-corrected chi connectivity index (χ0v) is 10.8. The van der Waals surface area contributed by atoms with Crippen molar-refractivity contribution in [2.75, 3.05) is 13.7 Å². The van der Waals surface area contributed by atoms with Gasteiger partial charge in [-0.2, -0.15) is 0 Å². The van der Waals surface area contributed by atoms with Crippen LogP contribution in [-0.2, 0) is 14.3 Å². The van der Waals surface area contributed by atoms with Crippen LogP contribution in [-0.4, -0.2) is 36.7 Å². The molecule has 0 spiro atoms. The number of hydrogen-bond acceptors (Lipinski definition) is 5. The number of carbonyl (C=O) groups excluding carboxylic acids is 1. The molecule has 0 aliphatic rings. The van der Waals surface area contributed by atoms with Crippen molar-refractivity contribution < 1.29 is 19.4 Å². The first-order chi connectivity index (χ1) is 9.60. The zero-order chi connectivity index (χ0) is 15.0. The summed E-state index contributed by atoms with van der Waals surface area (Å²) in [6, 6.07) is 6.57. The topological polar surface area (TPSA) is 124 Å². The average molecular weight is 278 g/mol. The van der Waals surface area contributed by atoms with E-state index in [1.807, 2.05) is 0 Å². The fourth-order valence-corrected chi connectivity index (χ4v) is 1.57. The molecule has 1 rings (SSSR count). The maximum atomic E-state index is 11.7. The quantitative estimate of drug-likeness (QED) is 0.336. The van der Waals surface area contributed by atoms with Crippen LogP contribution in [0.5, 0.6) is 0 Å². The lowest BCUT2D eigenvalue weighted by Crippen LogP contribution is -2.37. The monoisotopic (exact) mass is 278 g/mol. The third-order valence-corrected chi connectivity index (χ3v) is 2.56. The summed E-state index contributed by atoms with van der Waals surface area (Å²) in [4.78, 5) is 25.0. The molecule has 0 saturated carbocycles. The molecular formula is C12H14N4O4. The van der Waals surface area contributed by atoms with Crippen molar-refractivity contribution in [2.24, 2.45) is 5.11 Å². The van der Waals surface area contributed by atoms with Gasteiger partial charge in [-0.05, 0) is 11.1 Å². The molecule has 0 fully saturated rings. The standard InChI is InChI=1S/C12H14N4O4/c1-20-12(19)10(8-5-3-2-4-6-8)14-7-9(11(17)18)15-16-13/h2-6,9-10,14H,7H2,1H3,(H,17,18). The van der Waals surface area contributed by atoms with E-state index < -0.39 is 24.0 Å². The highest BCUT2D eigenvalue weighted by molar-refractivity contribution is 5.78. The highest BCUT2D eigenvalue weighted by Crippen LogP contribution is 2.14. The van der Waals surface area contributed by atoms with Crippen molar-refractivity contribution >= 4 is 11.9 Å². The van der Waals surface area contributed by atoms with E-state index in [1.54, 1.807) is 30.3 Å². The molecule has 0 aliphatic carbocycles. The van der Waals surface area contributed by atoms with Gasteiger partial charge in [0.15, 0.2) is 0 Å². The van der Waals surface area contributed by atoms with E-state index in [9.17, 15) is 9.59 Å². The van der Waals surface area contributed by atoms with Crippen molar-refractivity contribution in [1.29, 1.82) is 0 Å². The number of hydrogen-bond donors (Lipinski definition) is 2. The molecular weight excluding hydrogens is 264 g/mol. The Bertz CT molecular complexity index is 511. The molecule has 1 aromatic carbocycles. The van der Waals surface area contributed by atoms with Gasteiger partial charge in [0.05, 0.1) is 7.11 Å². The largest absolute Gasteiger partial charge is 0.481 e.